The number of nitrogens with zero attached hydrogens (tertiary/aromatic N) is 1. The van der Waals surface area contributed by atoms with Gasteiger partial charge in [0.25, 0.3) is 0 Å². The normalized spacial score (nSPS) is 24.0. The molecule has 1 amide bonds. The molecule has 0 aromatic heterocycles. The van der Waals surface area contributed by atoms with Crippen molar-refractivity contribution in [3.8, 4) is 0 Å². The molecule has 1 aromatic carbocycles. The number of halogens is 1. The van der Waals surface area contributed by atoms with Crippen LogP contribution in [0.1, 0.15) is 18.4 Å². The first-order valence-electron chi connectivity index (χ1n) is 5.98. The first-order chi connectivity index (χ1) is 8.56. The predicted molar refractivity (Wildman–Crippen MR) is 68.9 cm³/mol. The Labute approximate surface area is 111 Å². The number of benzene rings is 1. The van der Waals surface area contributed by atoms with Gasteiger partial charge in [-0.25, -0.2) is 4.79 Å². The number of aliphatic hydroxyl groups is 1. The number of carboxylic acid groups (broad SMARTS) is 1. The Bertz CT molecular complexity index is 421. The highest BCUT2D eigenvalue weighted by Gasteiger charge is 2.30. The lowest BCUT2D eigenvalue weighted by Crippen LogP contribution is -2.48. The molecule has 2 rings (SSSR count). The second kappa shape index (κ2) is 5.59. The van der Waals surface area contributed by atoms with Gasteiger partial charge in [0.2, 0.25) is 0 Å². The molecule has 1 fully saturated rings. The van der Waals surface area contributed by atoms with Gasteiger partial charge >= 0.3 is 6.09 Å². The quantitative estimate of drug-likeness (QED) is 0.867. The highest BCUT2D eigenvalue weighted by atomic mass is 35.5. The van der Waals surface area contributed by atoms with E-state index in [1.165, 1.54) is 4.90 Å². The zero-order valence-corrected chi connectivity index (χ0v) is 10.7. The molecule has 1 saturated heterocycles. The minimum atomic E-state index is -0.916. The fraction of sp³-hybridized carbons (Fsp3) is 0.462. The molecule has 0 unspecified atom stereocenters. The number of carbonyl (C=O) groups is 1. The van der Waals surface area contributed by atoms with Crippen LogP contribution in [0.25, 0.3) is 0 Å². The van der Waals surface area contributed by atoms with Crippen LogP contribution < -0.4 is 0 Å². The van der Waals surface area contributed by atoms with Crippen LogP contribution in [-0.2, 0) is 6.42 Å². The van der Waals surface area contributed by atoms with Crippen molar-refractivity contribution >= 4 is 17.7 Å². The number of aliphatic hydroxyl groups excluding tert-OH is 1. The summed E-state index contributed by atoms with van der Waals surface area (Å²) in [5.41, 5.74) is 1.03. The Kier molecular flexibility index (Phi) is 4.09. The van der Waals surface area contributed by atoms with Crippen LogP contribution in [0.3, 0.4) is 0 Å². The molecule has 1 aliphatic heterocycles. The van der Waals surface area contributed by atoms with E-state index < -0.39 is 12.2 Å². The summed E-state index contributed by atoms with van der Waals surface area (Å²) in [6.07, 6.45) is 0.303. The van der Waals surface area contributed by atoms with Crippen molar-refractivity contribution < 1.29 is 15.0 Å². The maximum Gasteiger partial charge on any atom is 0.407 e. The van der Waals surface area contributed by atoms with Crippen LogP contribution in [0.2, 0.25) is 5.02 Å². The van der Waals surface area contributed by atoms with E-state index >= 15 is 0 Å². The van der Waals surface area contributed by atoms with Gasteiger partial charge in [0, 0.05) is 17.6 Å². The third-order valence-corrected chi connectivity index (χ3v) is 3.57. The van der Waals surface area contributed by atoms with E-state index in [0.29, 0.717) is 30.8 Å². The molecule has 5 heteroatoms. The molecule has 1 aliphatic rings. The van der Waals surface area contributed by atoms with Crippen molar-refractivity contribution in [2.45, 2.75) is 31.4 Å². The molecule has 0 bridgehead atoms. The van der Waals surface area contributed by atoms with E-state index in [0.717, 1.165) is 5.56 Å². The summed E-state index contributed by atoms with van der Waals surface area (Å²) in [5, 5.41) is 19.5. The van der Waals surface area contributed by atoms with Gasteiger partial charge < -0.3 is 15.1 Å². The lowest BCUT2D eigenvalue weighted by molar-refractivity contribution is 0.0431. The summed E-state index contributed by atoms with van der Waals surface area (Å²) < 4.78 is 0. The van der Waals surface area contributed by atoms with E-state index in [4.69, 9.17) is 16.7 Å². The maximum absolute atomic E-state index is 11.1. The molecule has 0 radical (unpaired) electrons. The van der Waals surface area contributed by atoms with Gasteiger partial charge in [-0.1, -0.05) is 23.7 Å². The largest absolute Gasteiger partial charge is 0.465 e. The number of hydrogen-bond acceptors (Lipinski definition) is 2. The van der Waals surface area contributed by atoms with Crippen LogP contribution in [0.4, 0.5) is 4.79 Å². The molecule has 0 saturated carbocycles. The minimum absolute atomic E-state index is 0.160. The maximum atomic E-state index is 11.1. The smallest absolute Gasteiger partial charge is 0.407 e. The van der Waals surface area contributed by atoms with Gasteiger partial charge in [0.05, 0.1) is 6.10 Å². The van der Waals surface area contributed by atoms with Gasteiger partial charge in [-0.2, -0.15) is 0 Å². The zero-order chi connectivity index (χ0) is 13.1. The fourth-order valence-corrected chi connectivity index (χ4v) is 2.49. The van der Waals surface area contributed by atoms with Crippen LogP contribution in [0, 0.1) is 0 Å². The summed E-state index contributed by atoms with van der Waals surface area (Å²) in [6, 6.07) is 7.21. The van der Waals surface area contributed by atoms with Crippen molar-refractivity contribution in [1.29, 1.82) is 0 Å². The van der Waals surface area contributed by atoms with Crippen molar-refractivity contribution in [2.24, 2.45) is 0 Å². The van der Waals surface area contributed by atoms with Crippen LogP contribution in [0.5, 0.6) is 0 Å². The van der Waals surface area contributed by atoms with E-state index in [9.17, 15) is 9.90 Å². The van der Waals surface area contributed by atoms with Gasteiger partial charge in [0.1, 0.15) is 0 Å². The van der Waals surface area contributed by atoms with Crippen molar-refractivity contribution in [3.63, 3.8) is 0 Å². The molecule has 1 heterocycles. The van der Waals surface area contributed by atoms with Crippen LogP contribution in [0.15, 0.2) is 24.3 Å². The van der Waals surface area contributed by atoms with Crippen molar-refractivity contribution in [1.82, 2.24) is 4.90 Å². The second-order valence-electron chi connectivity index (χ2n) is 4.64. The van der Waals surface area contributed by atoms with E-state index in [1.807, 2.05) is 12.1 Å². The van der Waals surface area contributed by atoms with Gasteiger partial charge in [-0.05, 0) is 37.0 Å². The SMILES string of the molecule is O=C(O)N1CC[C@@H](O)C[C@@H]1Cc1ccc(Cl)cc1. The van der Waals surface area contributed by atoms with Crippen LogP contribution in [-0.4, -0.2) is 39.9 Å². The summed E-state index contributed by atoms with van der Waals surface area (Å²) in [5.74, 6) is 0. The first-order valence-corrected chi connectivity index (χ1v) is 6.36. The fourth-order valence-electron chi connectivity index (χ4n) is 2.37. The lowest BCUT2D eigenvalue weighted by Gasteiger charge is -2.36. The average molecular weight is 270 g/mol. The molecular formula is C13H16ClNO3. The van der Waals surface area contributed by atoms with Crippen molar-refractivity contribution in [2.75, 3.05) is 6.54 Å². The zero-order valence-electron chi connectivity index (χ0n) is 9.92. The number of hydrogen-bond donors (Lipinski definition) is 2. The molecule has 0 spiro atoms. The summed E-state index contributed by atoms with van der Waals surface area (Å²) in [4.78, 5) is 12.6. The standard InChI is InChI=1S/C13H16ClNO3/c14-10-3-1-9(2-4-10)7-11-8-12(16)5-6-15(11)13(17)18/h1-4,11-12,16H,5-8H2,(H,17,18)/t11-,12+/m0/s1. The molecule has 2 N–H and O–H groups in total. The van der Waals surface area contributed by atoms with Crippen molar-refractivity contribution in [3.05, 3.63) is 34.9 Å². The predicted octanol–water partition coefficient (Wildman–Crippen LogP) is 2.39. The summed E-state index contributed by atoms with van der Waals surface area (Å²) in [7, 11) is 0. The highest BCUT2D eigenvalue weighted by molar-refractivity contribution is 6.30. The summed E-state index contributed by atoms with van der Waals surface area (Å²) in [6.45, 7) is 0.398. The Morgan fingerprint density at radius 3 is 2.67 bits per heavy atom. The van der Waals surface area contributed by atoms with E-state index in [2.05, 4.69) is 0 Å². The molecule has 1 aromatic rings. The van der Waals surface area contributed by atoms with Gasteiger partial charge in [0.15, 0.2) is 0 Å². The molecule has 2 atom stereocenters. The third kappa shape index (κ3) is 3.15. The summed E-state index contributed by atoms with van der Waals surface area (Å²) >= 11 is 5.81. The molecular weight excluding hydrogens is 254 g/mol. The number of amides is 1. The Balaban J connectivity index is 2.08. The second-order valence-corrected chi connectivity index (χ2v) is 5.08. The third-order valence-electron chi connectivity index (χ3n) is 3.32. The van der Waals surface area contributed by atoms with Gasteiger partial charge in [-0.15, -0.1) is 0 Å². The number of likely N-dealkylation sites (tertiary alicyclic amines) is 1. The molecule has 4 nitrogen and oxygen atoms in total. The lowest BCUT2D eigenvalue weighted by atomic mass is 9.94. The molecule has 98 valence electrons. The minimum Gasteiger partial charge on any atom is -0.465 e. The first kappa shape index (κ1) is 13.2. The van der Waals surface area contributed by atoms with Crippen LogP contribution >= 0.6 is 11.6 Å². The Hall–Kier alpha value is -1.26. The van der Waals surface area contributed by atoms with Gasteiger partial charge in [-0.3, -0.25) is 0 Å². The number of piperidine rings is 1. The highest BCUT2D eigenvalue weighted by Crippen LogP contribution is 2.22. The monoisotopic (exact) mass is 269 g/mol. The van der Waals surface area contributed by atoms with E-state index in [-0.39, 0.29) is 6.04 Å². The topological polar surface area (TPSA) is 60.8 Å². The number of rotatable bonds is 2. The molecule has 18 heavy (non-hydrogen) atoms. The average Bonchev–Trinajstić information content (AvgIpc) is 2.32. The Morgan fingerprint density at radius 2 is 2.06 bits per heavy atom. The van der Waals surface area contributed by atoms with E-state index in [1.54, 1.807) is 12.1 Å². The molecule has 0 aliphatic carbocycles. The Morgan fingerprint density at radius 1 is 1.39 bits per heavy atom.